The van der Waals surface area contributed by atoms with Crippen molar-refractivity contribution in [2.45, 2.75) is 103 Å². The van der Waals surface area contributed by atoms with Crippen molar-refractivity contribution >= 4 is 11.9 Å². The lowest BCUT2D eigenvalue weighted by Gasteiger charge is -2.59. The molecule has 0 bridgehead atoms. The highest BCUT2D eigenvalue weighted by molar-refractivity contribution is 5.66. The third kappa shape index (κ3) is 2.41. The van der Waals surface area contributed by atoms with Gasteiger partial charge in [-0.2, -0.15) is 0 Å². The maximum absolute atomic E-state index is 11.6. The molecule has 156 valence electrons. The highest BCUT2D eigenvalue weighted by Gasteiger charge is 2.76. The average Bonchev–Trinajstić information content (AvgIpc) is 3.20. The number of ether oxygens (including phenoxy) is 3. The number of carbonyl (C=O) groups is 2. The molecule has 0 aromatic rings. The van der Waals surface area contributed by atoms with Crippen LogP contribution in [0.2, 0.25) is 0 Å². The van der Waals surface area contributed by atoms with Crippen LogP contribution in [0.1, 0.15) is 79.1 Å². The molecular formula is C23H34O5. The van der Waals surface area contributed by atoms with Crippen molar-refractivity contribution in [3.8, 4) is 0 Å². The molecule has 9 atom stereocenters. The molecule has 0 N–H and O–H groups in total. The third-order valence-corrected chi connectivity index (χ3v) is 9.59. The predicted molar refractivity (Wildman–Crippen MR) is 102 cm³/mol. The number of rotatable bonds is 2. The Morgan fingerprint density at radius 3 is 2.39 bits per heavy atom. The van der Waals surface area contributed by atoms with Crippen LogP contribution in [0.15, 0.2) is 0 Å². The van der Waals surface area contributed by atoms with Crippen molar-refractivity contribution in [2.24, 2.45) is 28.6 Å². The van der Waals surface area contributed by atoms with Crippen LogP contribution in [0.5, 0.6) is 0 Å². The van der Waals surface area contributed by atoms with Crippen LogP contribution in [0.4, 0.5) is 0 Å². The number of hydrogen-bond acceptors (Lipinski definition) is 5. The third-order valence-electron chi connectivity index (χ3n) is 9.59. The van der Waals surface area contributed by atoms with Crippen molar-refractivity contribution in [1.29, 1.82) is 0 Å². The topological polar surface area (TPSA) is 65.1 Å². The Labute approximate surface area is 167 Å². The van der Waals surface area contributed by atoms with Gasteiger partial charge in [-0.3, -0.25) is 9.59 Å². The Hall–Kier alpha value is -1.10. The van der Waals surface area contributed by atoms with Crippen molar-refractivity contribution in [2.75, 3.05) is 0 Å². The lowest BCUT2D eigenvalue weighted by molar-refractivity contribution is -0.164. The van der Waals surface area contributed by atoms with Crippen LogP contribution in [0.25, 0.3) is 0 Å². The molecule has 0 aromatic heterocycles. The lowest BCUT2D eigenvalue weighted by atomic mass is 9.45. The van der Waals surface area contributed by atoms with E-state index in [9.17, 15) is 9.59 Å². The molecule has 1 saturated heterocycles. The normalized spacial score (nSPS) is 53.9. The Balaban J connectivity index is 1.39. The minimum Gasteiger partial charge on any atom is -0.462 e. The monoisotopic (exact) mass is 390 g/mol. The number of fused-ring (bicyclic) bond motifs is 4. The van der Waals surface area contributed by atoms with Gasteiger partial charge < -0.3 is 14.2 Å². The Kier molecular flexibility index (Phi) is 4.02. The largest absolute Gasteiger partial charge is 0.462 e. The second-order valence-electron chi connectivity index (χ2n) is 10.7. The quantitative estimate of drug-likeness (QED) is 0.526. The molecule has 1 aliphatic heterocycles. The molecule has 1 heterocycles. The van der Waals surface area contributed by atoms with E-state index >= 15 is 0 Å². The fourth-order valence-electron chi connectivity index (χ4n) is 8.32. The first kappa shape index (κ1) is 18.9. The summed E-state index contributed by atoms with van der Waals surface area (Å²) >= 11 is 0. The van der Waals surface area contributed by atoms with Gasteiger partial charge in [0.05, 0.1) is 6.10 Å². The number of epoxide rings is 1. The molecular weight excluding hydrogens is 356 g/mol. The summed E-state index contributed by atoms with van der Waals surface area (Å²) in [6, 6.07) is 0. The first-order valence-corrected chi connectivity index (χ1v) is 11.2. The van der Waals surface area contributed by atoms with E-state index in [0.29, 0.717) is 23.9 Å². The van der Waals surface area contributed by atoms with Crippen molar-refractivity contribution in [3.05, 3.63) is 0 Å². The minimum atomic E-state index is -0.174. The predicted octanol–water partition coefficient (Wildman–Crippen LogP) is 4.02. The molecule has 5 rings (SSSR count). The number of esters is 2. The molecule has 1 spiro atoms. The van der Waals surface area contributed by atoms with Gasteiger partial charge in [0.1, 0.15) is 17.8 Å². The van der Waals surface area contributed by atoms with Gasteiger partial charge >= 0.3 is 11.9 Å². The number of hydrogen-bond donors (Lipinski definition) is 0. The molecule has 5 aliphatic rings. The SMILES string of the molecule is CC(=O)O[C@H]1CC[C@]2(C)[C@H]3CC[C@]4(C)[C@@H](OC(C)=O)CC[C@H]4[C@@H]3C[C@H]3OC32C1. The van der Waals surface area contributed by atoms with Gasteiger partial charge in [0, 0.05) is 31.1 Å². The second kappa shape index (κ2) is 5.96. The standard InChI is InChI=1S/C23H34O5/c1-13(24)26-15-7-10-22(4)18-8-9-21(3)17(5-6-19(21)27-14(2)25)16(18)11-20-23(22,12-15)28-20/h15-20H,5-12H2,1-4H3/t15-,16-,17-,18-,19-,20+,21-,22+,23?/m0/s1. The van der Waals surface area contributed by atoms with Crippen LogP contribution in [0.3, 0.4) is 0 Å². The van der Waals surface area contributed by atoms with E-state index in [1.807, 2.05) is 0 Å². The van der Waals surface area contributed by atoms with Crippen LogP contribution in [-0.4, -0.2) is 35.9 Å². The second-order valence-corrected chi connectivity index (χ2v) is 10.7. The van der Waals surface area contributed by atoms with E-state index in [2.05, 4.69) is 13.8 Å². The number of carbonyl (C=O) groups excluding carboxylic acids is 2. The highest BCUT2D eigenvalue weighted by Crippen LogP contribution is 2.73. The average molecular weight is 391 g/mol. The lowest BCUT2D eigenvalue weighted by Crippen LogP contribution is -2.59. The summed E-state index contributed by atoms with van der Waals surface area (Å²) < 4.78 is 17.8. The maximum atomic E-state index is 11.6. The Bertz CT molecular complexity index is 705. The van der Waals surface area contributed by atoms with E-state index in [0.717, 1.165) is 38.5 Å². The van der Waals surface area contributed by atoms with Crippen LogP contribution in [-0.2, 0) is 23.8 Å². The molecule has 1 unspecified atom stereocenters. The zero-order chi connectivity index (χ0) is 19.9. The van der Waals surface area contributed by atoms with E-state index in [-0.39, 0.29) is 40.6 Å². The first-order valence-electron chi connectivity index (χ1n) is 11.2. The molecule has 28 heavy (non-hydrogen) atoms. The van der Waals surface area contributed by atoms with Gasteiger partial charge in [-0.05, 0) is 62.7 Å². The highest BCUT2D eigenvalue weighted by atomic mass is 16.6. The summed E-state index contributed by atoms with van der Waals surface area (Å²) in [7, 11) is 0. The van der Waals surface area contributed by atoms with Gasteiger partial charge in [-0.15, -0.1) is 0 Å². The van der Waals surface area contributed by atoms with Crippen LogP contribution >= 0.6 is 0 Å². The zero-order valence-corrected chi connectivity index (χ0v) is 17.7. The smallest absolute Gasteiger partial charge is 0.302 e. The molecule has 5 fully saturated rings. The van der Waals surface area contributed by atoms with Crippen LogP contribution < -0.4 is 0 Å². The fraction of sp³-hybridized carbons (Fsp3) is 0.913. The molecule has 0 amide bonds. The summed E-state index contributed by atoms with van der Waals surface area (Å²) in [5.41, 5.74) is 0.222. The van der Waals surface area contributed by atoms with E-state index in [1.54, 1.807) is 0 Å². The summed E-state index contributed by atoms with van der Waals surface area (Å²) in [6.45, 7) is 7.87. The van der Waals surface area contributed by atoms with Crippen molar-refractivity contribution in [1.82, 2.24) is 0 Å². The maximum Gasteiger partial charge on any atom is 0.302 e. The van der Waals surface area contributed by atoms with Crippen molar-refractivity contribution in [3.63, 3.8) is 0 Å². The Morgan fingerprint density at radius 2 is 1.68 bits per heavy atom. The minimum absolute atomic E-state index is 0.0146. The van der Waals surface area contributed by atoms with E-state index < -0.39 is 0 Å². The molecule has 4 saturated carbocycles. The van der Waals surface area contributed by atoms with Crippen LogP contribution in [0, 0.1) is 28.6 Å². The molecule has 5 nitrogen and oxygen atoms in total. The van der Waals surface area contributed by atoms with Gasteiger partial charge in [-0.1, -0.05) is 13.8 Å². The van der Waals surface area contributed by atoms with Gasteiger partial charge in [0.2, 0.25) is 0 Å². The van der Waals surface area contributed by atoms with Crippen molar-refractivity contribution < 1.29 is 23.8 Å². The molecule has 0 radical (unpaired) electrons. The van der Waals surface area contributed by atoms with E-state index in [1.165, 1.54) is 26.7 Å². The summed E-state index contributed by atoms with van der Waals surface area (Å²) in [5.74, 6) is 1.64. The van der Waals surface area contributed by atoms with Gasteiger partial charge in [-0.25, -0.2) is 0 Å². The Morgan fingerprint density at radius 1 is 0.929 bits per heavy atom. The molecule has 0 aromatic carbocycles. The van der Waals surface area contributed by atoms with Gasteiger partial charge in [0.15, 0.2) is 0 Å². The summed E-state index contributed by atoms with van der Waals surface area (Å²) in [4.78, 5) is 23.1. The fourth-order valence-corrected chi connectivity index (χ4v) is 8.32. The molecule has 4 aliphatic carbocycles. The van der Waals surface area contributed by atoms with E-state index in [4.69, 9.17) is 14.2 Å². The summed E-state index contributed by atoms with van der Waals surface area (Å²) in [5, 5.41) is 0. The van der Waals surface area contributed by atoms with Gasteiger partial charge in [0.25, 0.3) is 0 Å². The zero-order valence-electron chi connectivity index (χ0n) is 17.7. The molecule has 5 heteroatoms. The summed E-state index contributed by atoms with van der Waals surface area (Å²) in [6.07, 6.45) is 8.95. The first-order chi connectivity index (χ1) is 13.2.